The Morgan fingerprint density at radius 3 is 2.37 bits per heavy atom. The molecule has 2 aromatic carbocycles. The van der Waals surface area contributed by atoms with Gasteiger partial charge >= 0.3 is 5.97 Å². The number of halogens is 2. The molecule has 0 saturated carbocycles. The van der Waals surface area contributed by atoms with Crippen LogP contribution < -0.4 is 0 Å². The summed E-state index contributed by atoms with van der Waals surface area (Å²) in [5.41, 5.74) is 1.12. The average molecular weight is 370 g/mol. The fourth-order valence-corrected chi connectivity index (χ4v) is 2.30. The summed E-state index contributed by atoms with van der Waals surface area (Å²) in [5.74, 6) is -2.34. The lowest BCUT2D eigenvalue weighted by Crippen LogP contribution is -2.15. The van der Waals surface area contributed by atoms with Crippen molar-refractivity contribution in [2.45, 2.75) is 12.3 Å². The molecule has 0 bridgehead atoms. The molecule has 0 saturated heterocycles. The quantitative estimate of drug-likeness (QED) is 0.831. The van der Waals surface area contributed by atoms with Crippen LogP contribution >= 0.6 is 22.6 Å². The number of rotatable bonds is 4. The third-order valence-electron chi connectivity index (χ3n) is 2.93. The predicted molar refractivity (Wildman–Crippen MR) is 79.6 cm³/mol. The van der Waals surface area contributed by atoms with Gasteiger partial charge in [-0.3, -0.25) is 4.79 Å². The van der Waals surface area contributed by atoms with Gasteiger partial charge in [0, 0.05) is 9.13 Å². The van der Waals surface area contributed by atoms with E-state index < -0.39 is 17.7 Å². The number of benzene rings is 2. The number of carboxylic acid groups (broad SMARTS) is 1. The highest BCUT2D eigenvalue weighted by Gasteiger charge is 2.23. The van der Waals surface area contributed by atoms with E-state index in [1.54, 1.807) is 12.1 Å². The SMILES string of the molecule is O=C(O)C(Cc1ccc(I)cc1)c1ccccc1F. The van der Waals surface area contributed by atoms with E-state index in [1.165, 1.54) is 12.1 Å². The summed E-state index contributed by atoms with van der Waals surface area (Å²) in [5, 5.41) is 9.30. The van der Waals surface area contributed by atoms with Gasteiger partial charge in [0.05, 0.1) is 5.92 Å². The molecule has 98 valence electrons. The van der Waals surface area contributed by atoms with Crippen LogP contribution in [0.3, 0.4) is 0 Å². The Bertz CT molecular complexity index is 581. The number of carboxylic acids is 1. The second kappa shape index (κ2) is 6.14. The van der Waals surface area contributed by atoms with Gasteiger partial charge < -0.3 is 5.11 Å². The van der Waals surface area contributed by atoms with Crippen LogP contribution in [0.25, 0.3) is 0 Å². The van der Waals surface area contributed by atoms with E-state index in [0.717, 1.165) is 9.13 Å². The normalized spacial score (nSPS) is 12.1. The standard InChI is InChI=1S/C15H12FIO2/c16-14-4-2-1-3-12(14)13(15(18)19)9-10-5-7-11(17)8-6-10/h1-8,13H,9H2,(H,18,19). The monoisotopic (exact) mass is 370 g/mol. The number of hydrogen-bond donors (Lipinski definition) is 1. The van der Waals surface area contributed by atoms with Crippen LogP contribution in [-0.2, 0) is 11.2 Å². The van der Waals surface area contributed by atoms with Gasteiger partial charge in [-0.05, 0) is 52.8 Å². The first kappa shape index (κ1) is 14.0. The maximum atomic E-state index is 13.7. The van der Waals surface area contributed by atoms with Crippen molar-refractivity contribution in [2.24, 2.45) is 0 Å². The minimum atomic E-state index is -1.01. The van der Waals surface area contributed by atoms with E-state index in [0.29, 0.717) is 0 Å². The zero-order valence-electron chi connectivity index (χ0n) is 10.0. The average Bonchev–Trinajstić information content (AvgIpc) is 2.39. The lowest BCUT2D eigenvalue weighted by molar-refractivity contribution is -0.138. The molecule has 0 aliphatic rings. The molecule has 1 N–H and O–H groups in total. The Hall–Kier alpha value is -1.43. The maximum absolute atomic E-state index is 13.7. The van der Waals surface area contributed by atoms with Gasteiger partial charge in [0.1, 0.15) is 5.82 Å². The van der Waals surface area contributed by atoms with Crippen LogP contribution in [0.15, 0.2) is 48.5 Å². The van der Waals surface area contributed by atoms with Gasteiger partial charge in [-0.15, -0.1) is 0 Å². The molecule has 2 aromatic rings. The lowest BCUT2D eigenvalue weighted by Gasteiger charge is -2.13. The third kappa shape index (κ3) is 3.53. The topological polar surface area (TPSA) is 37.3 Å². The molecule has 1 unspecified atom stereocenters. The predicted octanol–water partition coefficient (Wildman–Crippen LogP) is 3.84. The van der Waals surface area contributed by atoms with Gasteiger partial charge in [0.2, 0.25) is 0 Å². The molecule has 2 nitrogen and oxygen atoms in total. The summed E-state index contributed by atoms with van der Waals surface area (Å²) in [7, 11) is 0. The van der Waals surface area contributed by atoms with Crippen LogP contribution in [0.4, 0.5) is 4.39 Å². The van der Waals surface area contributed by atoms with Crippen molar-refractivity contribution in [3.8, 4) is 0 Å². The summed E-state index contributed by atoms with van der Waals surface area (Å²) in [4.78, 5) is 11.4. The van der Waals surface area contributed by atoms with Crippen molar-refractivity contribution >= 4 is 28.6 Å². The largest absolute Gasteiger partial charge is 0.481 e. The molecule has 0 spiro atoms. The second-order valence-electron chi connectivity index (χ2n) is 4.24. The summed E-state index contributed by atoms with van der Waals surface area (Å²) >= 11 is 2.18. The Morgan fingerprint density at radius 2 is 1.79 bits per heavy atom. The molecule has 0 radical (unpaired) electrons. The highest BCUT2D eigenvalue weighted by molar-refractivity contribution is 14.1. The van der Waals surface area contributed by atoms with Gasteiger partial charge in [-0.25, -0.2) is 4.39 Å². The third-order valence-corrected chi connectivity index (χ3v) is 3.65. The molecule has 0 fully saturated rings. The molecule has 0 aliphatic carbocycles. The summed E-state index contributed by atoms with van der Waals surface area (Å²) in [6.07, 6.45) is 0.285. The first-order valence-corrected chi connectivity index (χ1v) is 6.87. The molecule has 19 heavy (non-hydrogen) atoms. The smallest absolute Gasteiger partial charge is 0.311 e. The summed E-state index contributed by atoms with van der Waals surface area (Å²) in [6, 6.07) is 13.6. The summed E-state index contributed by atoms with van der Waals surface area (Å²) in [6.45, 7) is 0. The molecule has 0 heterocycles. The number of aliphatic carboxylic acids is 1. The van der Waals surface area contributed by atoms with E-state index in [2.05, 4.69) is 22.6 Å². The maximum Gasteiger partial charge on any atom is 0.311 e. The zero-order valence-corrected chi connectivity index (χ0v) is 12.2. The molecule has 2 rings (SSSR count). The Labute approximate surface area is 124 Å². The Kier molecular flexibility index (Phi) is 4.52. The van der Waals surface area contributed by atoms with Crippen molar-refractivity contribution in [3.63, 3.8) is 0 Å². The molecule has 1 atom stereocenters. The molecular weight excluding hydrogens is 358 g/mol. The Morgan fingerprint density at radius 1 is 1.16 bits per heavy atom. The minimum absolute atomic E-state index is 0.230. The number of hydrogen-bond acceptors (Lipinski definition) is 1. The van der Waals surface area contributed by atoms with Crippen molar-refractivity contribution < 1.29 is 14.3 Å². The van der Waals surface area contributed by atoms with Crippen LogP contribution in [0.5, 0.6) is 0 Å². The zero-order chi connectivity index (χ0) is 13.8. The molecule has 4 heteroatoms. The van der Waals surface area contributed by atoms with E-state index in [-0.39, 0.29) is 12.0 Å². The summed E-state index contributed by atoms with van der Waals surface area (Å²) < 4.78 is 14.8. The highest BCUT2D eigenvalue weighted by atomic mass is 127. The van der Waals surface area contributed by atoms with E-state index >= 15 is 0 Å². The van der Waals surface area contributed by atoms with Crippen LogP contribution in [0.1, 0.15) is 17.0 Å². The van der Waals surface area contributed by atoms with Gasteiger partial charge in [-0.1, -0.05) is 30.3 Å². The van der Waals surface area contributed by atoms with E-state index in [1.807, 2.05) is 24.3 Å². The van der Waals surface area contributed by atoms with Crippen LogP contribution in [0.2, 0.25) is 0 Å². The molecule has 0 aromatic heterocycles. The minimum Gasteiger partial charge on any atom is -0.481 e. The lowest BCUT2D eigenvalue weighted by atomic mass is 9.92. The fourth-order valence-electron chi connectivity index (χ4n) is 1.94. The van der Waals surface area contributed by atoms with Crippen molar-refractivity contribution in [3.05, 3.63) is 69.0 Å². The molecule has 0 aliphatic heterocycles. The second-order valence-corrected chi connectivity index (χ2v) is 5.49. The van der Waals surface area contributed by atoms with Crippen molar-refractivity contribution in [1.29, 1.82) is 0 Å². The van der Waals surface area contributed by atoms with Gasteiger partial charge in [0.15, 0.2) is 0 Å². The van der Waals surface area contributed by atoms with E-state index in [9.17, 15) is 14.3 Å². The first-order chi connectivity index (χ1) is 9.08. The van der Waals surface area contributed by atoms with E-state index in [4.69, 9.17) is 0 Å². The Balaban J connectivity index is 2.29. The number of carbonyl (C=O) groups is 1. The highest BCUT2D eigenvalue weighted by Crippen LogP contribution is 2.24. The molecule has 0 amide bonds. The van der Waals surface area contributed by atoms with Gasteiger partial charge in [-0.2, -0.15) is 0 Å². The van der Waals surface area contributed by atoms with Crippen molar-refractivity contribution in [2.75, 3.05) is 0 Å². The van der Waals surface area contributed by atoms with Crippen LogP contribution in [-0.4, -0.2) is 11.1 Å². The first-order valence-electron chi connectivity index (χ1n) is 5.79. The van der Waals surface area contributed by atoms with Gasteiger partial charge in [0.25, 0.3) is 0 Å². The van der Waals surface area contributed by atoms with Crippen LogP contribution in [0, 0.1) is 9.39 Å². The molecular formula is C15H12FIO2. The fraction of sp³-hybridized carbons (Fsp3) is 0.133. The van der Waals surface area contributed by atoms with Crippen molar-refractivity contribution in [1.82, 2.24) is 0 Å².